The molecule has 10 fully saturated rings. The Morgan fingerprint density at radius 1 is 0.322 bits per heavy atom. The monoisotopic (exact) mass is 1660 g/mol. The van der Waals surface area contributed by atoms with Crippen molar-refractivity contribution in [3.05, 3.63) is 24.3 Å². The summed E-state index contributed by atoms with van der Waals surface area (Å²) in [5.41, 5.74) is 5.31. The Balaban J connectivity index is 0.00000129. The second kappa shape index (κ2) is 53.3. The van der Waals surface area contributed by atoms with Gasteiger partial charge in [0.1, 0.15) is 5.78 Å². The quantitative estimate of drug-likeness (QED) is 0.196. The lowest BCUT2D eigenvalue weighted by Crippen LogP contribution is -2.57. The molecule has 10 rings (SSSR count). The fraction of sp³-hybridized carbons (Fsp3) is 0.943. The fourth-order valence-corrected chi connectivity index (χ4v) is 21.9. The molecule has 0 saturated carbocycles. The third-order valence-electron chi connectivity index (χ3n) is 29.4. The topological polar surface area (TPSA) is 66.5 Å². The lowest BCUT2D eigenvalue weighted by atomic mass is 9.73. The number of likely N-dealkylation sites (tertiary alicyclic amines) is 10. The van der Waals surface area contributed by atoms with Gasteiger partial charge in [0.05, 0.1) is 12.1 Å². The van der Waals surface area contributed by atoms with E-state index in [4.69, 9.17) is 0 Å². The average molecular weight is 1660 g/mol. The van der Waals surface area contributed by atoms with Crippen molar-refractivity contribution in [3.63, 3.8) is 0 Å². The van der Waals surface area contributed by atoms with Crippen LogP contribution in [0.25, 0.3) is 0 Å². The van der Waals surface area contributed by atoms with Crippen molar-refractivity contribution >= 4 is 11.6 Å². The van der Waals surface area contributed by atoms with Gasteiger partial charge in [-0.25, -0.2) is 0 Å². The maximum atomic E-state index is 11.6. The standard InChI is InChI=1S/C12H25N.2C12H23N.C11H23N.2C10H19NO.2C10H21N.2C9H19N.CH4/c1-9(2)13-8-7-10(3)11(4)12(13,5)6;1-10(2)13-9-7-11(3)6-8-12(13,4)5;1-10(2)13-8-6-7-11(3)9-12(13,4)5;1-9(2)12-7-6-10(3)8-11(12,4)5;1-8(2)11-7-9(12)5-6-10(11,3)4;1-8(2)11-7-5-6-9(12)10(11,3)4;1-9(2)11-7-5-6-10(3,4)8-11;1-9(2)11-8-6-5-7-10(11,3)4;2*1-8(2)10-6-4-5-9(3)7-10;/h9-11H,7-8H2,1-6H3;2*10H,3,6-9H2,1-2,4-5H3;9-10H,6-8H2,1-5H3;2*8H,5-7H2,1-4H3;2*9H,5-8H2,1-4H3;2*8-9H,4-7H2,1-3H3;1H4/t;;;;;;;;2*9-;/m........10./s1. The Morgan fingerprint density at radius 3 is 1.12 bits per heavy atom. The Bertz CT molecular complexity index is 2690. The lowest BCUT2D eigenvalue weighted by molar-refractivity contribution is -0.134. The van der Waals surface area contributed by atoms with Crippen LogP contribution in [0.4, 0.5) is 0 Å². The largest absolute Gasteiger partial charge is 0.301 e. The SMILES string of the molecule is C.C=C1CCCN(C(C)C)C(C)(C)C1.C=C1CCN(C(C)C)C(C)(C)CC1.CC(C)N1CC(=O)CCC1(C)C.CC(C)N1CCCC(=O)C1(C)C.CC(C)N1CCCC(C)(C)C1.CC(C)N1CCCCC1(C)C.CC(C)N1CCC[C@@H](C)C1.CC(C)N1CCC[C@H](C)C1.CC1CCN(C(C)C)C(C)(C)C1.CC1CCN(C(C)C)C(C)(C)C1C. The number of hydrogen-bond acceptors (Lipinski definition) is 12. The molecule has 3 unspecified atom stereocenters. The van der Waals surface area contributed by atoms with Crippen molar-refractivity contribution in [3.8, 4) is 0 Å². The third kappa shape index (κ3) is 41.0. The molecule has 12 nitrogen and oxygen atoms in total. The van der Waals surface area contributed by atoms with E-state index in [1.54, 1.807) is 0 Å². The molecule has 5 atom stereocenters. The van der Waals surface area contributed by atoms with Gasteiger partial charge in [0.25, 0.3) is 0 Å². The molecule has 12 heteroatoms. The van der Waals surface area contributed by atoms with Gasteiger partial charge in [-0.1, -0.05) is 86.6 Å². The Morgan fingerprint density at radius 2 is 0.720 bits per heavy atom. The molecule has 0 bridgehead atoms. The van der Waals surface area contributed by atoms with Crippen molar-refractivity contribution in [1.82, 2.24) is 49.0 Å². The molecule has 0 aliphatic carbocycles. The van der Waals surface area contributed by atoms with E-state index in [1.807, 2.05) is 13.8 Å². The van der Waals surface area contributed by atoms with E-state index < -0.39 is 0 Å². The molecule has 0 radical (unpaired) electrons. The van der Waals surface area contributed by atoms with Crippen LogP contribution in [0.2, 0.25) is 0 Å². The molecule has 10 aliphatic rings. The highest BCUT2D eigenvalue weighted by Gasteiger charge is 2.43. The Hall–Kier alpha value is -1.58. The normalized spacial score (nSPS) is 27.4. The lowest BCUT2D eigenvalue weighted by Gasteiger charge is -2.51. The molecule has 0 amide bonds. The summed E-state index contributed by atoms with van der Waals surface area (Å²) < 4.78 is 0. The zero-order valence-corrected chi connectivity index (χ0v) is 87.1. The first kappa shape index (κ1) is 116. The Kier molecular flexibility index (Phi) is 52.6. The molecule has 0 spiro atoms. The van der Waals surface area contributed by atoms with Gasteiger partial charge in [-0.15, -0.1) is 0 Å². The summed E-state index contributed by atoms with van der Waals surface area (Å²) in [7, 11) is 0. The number of ketones is 2. The van der Waals surface area contributed by atoms with E-state index in [9.17, 15) is 9.59 Å². The molecule has 118 heavy (non-hydrogen) atoms. The number of hydrogen-bond donors (Lipinski definition) is 0. The number of piperidine rings is 8. The van der Waals surface area contributed by atoms with Gasteiger partial charge in [0.15, 0.2) is 5.78 Å². The van der Waals surface area contributed by atoms with Crippen LogP contribution in [0.3, 0.4) is 0 Å². The van der Waals surface area contributed by atoms with E-state index in [-0.39, 0.29) is 18.5 Å². The van der Waals surface area contributed by atoms with Gasteiger partial charge in [0, 0.05) is 133 Å². The minimum atomic E-state index is -0.230. The number of rotatable bonds is 10. The number of Topliss-reactive ketones (excluding diaryl/α,β-unsaturated/α-hetero) is 2. The molecule has 10 heterocycles. The second-order valence-electron chi connectivity index (χ2n) is 46.9. The van der Waals surface area contributed by atoms with Crippen LogP contribution in [0.15, 0.2) is 24.3 Å². The van der Waals surface area contributed by atoms with Crippen LogP contribution in [-0.2, 0) is 9.59 Å². The summed E-state index contributed by atoms with van der Waals surface area (Å²) in [5.74, 6) is 5.24. The molecule has 702 valence electrons. The molecule has 0 aromatic heterocycles. The summed E-state index contributed by atoms with van der Waals surface area (Å²) in [6, 6.07) is 6.60. The second-order valence-corrected chi connectivity index (χ2v) is 46.9. The van der Waals surface area contributed by atoms with Crippen LogP contribution in [0.1, 0.15) is 433 Å². The number of carbonyl (C=O) groups excluding carboxylic acids is 2. The van der Waals surface area contributed by atoms with Crippen LogP contribution < -0.4 is 0 Å². The fourth-order valence-electron chi connectivity index (χ4n) is 21.9. The van der Waals surface area contributed by atoms with Crippen LogP contribution in [0, 0.1) is 35.0 Å². The molecule has 10 saturated heterocycles. The highest BCUT2D eigenvalue weighted by molar-refractivity contribution is 5.88. The number of nitrogens with zero attached hydrogens (tertiary/aromatic N) is 10. The van der Waals surface area contributed by atoms with Gasteiger partial charge < -0.3 is 14.7 Å². The summed E-state index contributed by atoms with van der Waals surface area (Å²) in [6.45, 7) is 118. The smallest absolute Gasteiger partial charge is 0.152 e. The van der Waals surface area contributed by atoms with E-state index in [0.29, 0.717) is 93.5 Å². The maximum Gasteiger partial charge on any atom is 0.152 e. The van der Waals surface area contributed by atoms with Crippen molar-refractivity contribution in [2.45, 2.75) is 532 Å². The first-order valence-corrected chi connectivity index (χ1v) is 49.5. The van der Waals surface area contributed by atoms with Gasteiger partial charge in [-0.05, 0) is 445 Å². The van der Waals surface area contributed by atoms with Crippen LogP contribution in [0.5, 0.6) is 0 Å². The van der Waals surface area contributed by atoms with Gasteiger partial charge in [-0.2, -0.15) is 0 Å². The minimum absolute atomic E-state index is 0. The molecule has 0 aromatic carbocycles. The highest BCUT2D eigenvalue weighted by atomic mass is 16.1. The predicted octanol–water partition coefficient (Wildman–Crippen LogP) is 26.2. The van der Waals surface area contributed by atoms with Gasteiger partial charge in [-0.3, -0.25) is 43.9 Å². The minimum Gasteiger partial charge on any atom is -0.301 e. The van der Waals surface area contributed by atoms with Crippen LogP contribution in [-0.4, -0.2) is 245 Å². The first-order chi connectivity index (χ1) is 53.5. The zero-order chi connectivity index (χ0) is 90.5. The molecular formula is C106H216N10O2. The summed E-state index contributed by atoms with van der Waals surface area (Å²) in [6.07, 6.45) is 27.6. The van der Waals surface area contributed by atoms with Gasteiger partial charge >= 0.3 is 0 Å². The maximum absolute atomic E-state index is 11.6. The van der Waals surface area contributed by atoms with Gasteiger partial charge in [0.2, 0.25) is 0 Å². The predicted molar refractivity (Wildman–Crippen MR) is 528 cm³/mol. The molecule has 0 aromatic rings. The van der Waals surface area contributed by atoms with Crippen molar-refractivity contribution in [2.24, 2.45) is 35.0 Å². The first-order valence-electron chi connectivity index (χ1n) is 49.5. The highest BCUT2D eigenvalue weighted by Crippen LogP contribution is 2.40. The van der Waals surface area contributed by atoms with Crippen molar-refractivity contribution in [1.29, 1.82) is 0 Å². The molecular weight excluding hydrogens is 1450 g/mol. The zero-order valence-electron chi connectivity index (χ0n) is 87.1. The van der Waals surface area contributed by atoms with Crippen molar-refractivity contribution in [2.75, 3.05) is 85.1 Å². The van der Waals surface area contributed by atoms with Crippen LogP contribution >= 0.6 is 0 Å². The summed E-state index contributed by atoms with van der Waals surface area (Å²) in [4.78, 5) is 48.2. The average Bonchev–Trinajstić information content (AvgIpc) is 0.928. The molecule has 10 aliphatic heterocycles. The molecule has 0 N–H and O–H groups in total. The Labute approximate surface area is 742 Å². The number of carbonyl (C=O) groups is 2. The van der Waals surface area contributed by atoms with E-state index >= 15 is 0 Å². The van der Waals surface area contributed by atoms with Crippen molar-refractivity contribution < 1.29 is 9.59 Å². The third-order valence-corrected chi connectivity index (χ3v) is 29.4. The summed E-state index contributed by atoms with van der Waals surface area (Å²) in [5, 5.41) is 0. The van der Waals surface area contributed by atoms with E-state index in [2.05, 4.69) is 332 Å². The summed E-state index contributed by atoms with van der Waals surface area (Å²) >= 11 is 0. The van der Waals surface area contributed by atoms with E-state index in [1.165, 1.54) is 192 Å². The van der Waals surface area contributed by atoms with E-state index in [0.717, 1.165) is 86.4 Å².